The number of cyclic esters (lactones) is 1. The van der Waals surface area contributed by atoms with Crippen molar-refractivity contribution in [1.82, 2.24) is 0 Å². The maximum absolute atomic E-state index is 12.3. The number of ether oxygens (including phenoxy) is 1. The Morgan fingerprint density at radius 1 is 1.09 bits per heavy atom. The van der Waals surface area contributed by atoms with E-state index in [0.29, 0.717) is 19.4 Å². The first kappa shape index (κ1) is 14.6. The summed E-state index contributed by atoms with van der Waals surface area (Å²) in [5, 5.41) is 0. The van der Waals surface area contributed by atoms with Gasteiger partial charge in [0.25, 0.3) is 0 Å². The second kappa shape index (κ2) is 6.18. The number of esters is 1. The zero-order chi connectivity index (χ0) is 15.4. The van der Waals surface area contributed by atoms with Gasteiger partial charge in [-0.1, -0.05) is 60.7 Å². The molecule has 0 amide bonds. The molecule has 0 aromatic heterocycles. The van der Waals surface area contributed by atoms with Crippen LogP contribution in [-0.4, -0.2) is 12.6 Å². The molecule has 0 N–H and O–H groups in total. The third kappa shape index (κ3) is 2.69. The van der Waals surface area contributed by atoms with Gasteiger partial charge in [0.1, 0.15) is 0 Å². The molecular weight excluding hydrogens is 272 g/mol. The summed E-state index contributed by atoms with van der Waals surface area (Å²) in [5.74, 6) is -0.0877. The molecule has 2 nitrogen and oxygen atoms in total. The first-order valence-electron chi connectivity index (χ1n) is 7.67. The number of benzene rings is 2. The number of hydrogen-bond donors (Lipinski definition) is 0. The van der Waals surface area contributed by atoms with Gasteiger partial charge < -0.3 is 4.74 Å². The highest BCUT2D eigenvalue weighted by atomic mass is 16.5. The summed E-state index contributed by atoms with van der Waals surface area (Å²) >= 11 is 0. The largest absolute Gasteiger partial charge is 0.465 e. The Kier molecular flexibility index (Phi) is 4.10. The molecule has 1 unspecified atom stereocenters. The lowest BCUT2D eigenvalue weighted by atomic mass is 9.76. The lowest BCUT2D eigenvalue weighted by Crippen LogP contribution is -2.28. The van der Waals surface area contributed by atoms with Crippen molar-refractivity contribution in [3.63, 3.8) is 0 Å². The minimum absolute atomic E-state index is 0.0877. The van der Waals surface area contributed by atoms with Crippen molar-refractivity contribution >= 4 is 5.97 Å². The van der Waals surface area contributed by atoms with Crippen molar-refractivity contribution < 1.29 is 9.53 Å². The summed E-state index contributed by atoms with van der Waals surface area (Å²) in [5.41, 5.74) is 3.10. The fourth-order valence-electron chi connectivity index (χ4n) is 3.23. The van der Waals surface area contributed by atoms with Crippen LogP contribution in [0.5, 0.6) is 0 Å². The van der Waals surface area contributed by atoms with Crippen LogP contribution in [0, 0.1) is 5.41 Å². The second-order valence-corrected chi connectivity index (χ2v) is 5.86. The van der Waals surface area contributed by atoms with Gasteiger partial charge >= 0.3 is 5.97 Å². The smallest absolute Gasteiger partial charge is 0.312 e. The maximum Gasteiger partial charge on any atom is 0.312 e. The summed E-state index contributed by atoms with van der Waals surface area (Å²) in [4.78, 5) is 12.3. The monoisotopic (exact) mass is 292 g/mol. The molecule has 0 saturated carbocycles. The average Bonchev–Trinajstić information content (AvgIpc) is 2.90. The summed E-state index contributed by atoms with van der Waals surface area (Å²) in [6, 6.07) is 18.6. The van der Waals surface area contributed by atoms with E-state index in [2.05, 4.69) is 30.8 Å². The topological polar surface area (TPSA) is 26.3 Å². The van der Waals surface area contributed by atoms with Crippen molar-refractivity contribution in [3.05, 3.63) is 72.8 Å². The van der Waals surface area contributed by atoms with Gasteiger partial charge in [-0.25, -0.2) is 0 Å². The van der Waals surface area contributed by atoms with Crippen LogP contribution < -0.4 is 0 Å². The quantitative estimate of drug-likeness (QED) is 0.603. The highest BCUT2D eigenvalue weighted by Crippen LogP contribution is 2.39. The molecule has 0 radical (unpaired) electrons. The van der Waals surface area contributed by atoms with E-state index >= 15 is 0 Å². The molecule has 1 aliphatic rings. The summed E-state index contributed by atoms with van der Waals surface area (Å²) in [6.45, 7) is 4.33. The van der Waals surface area contributed by atoms with Crippen molar-refractivity contribution in [3.8, 4) is 11.1 Å². The van der Waals surface area contributed by atoms with Gasteiger partial charge in [-0.3, -0.25) is 4.79 Å². The molecule has 2 heteroatoms. The number of carbonyl (C=O) groups is 1. The molecule has 3 rings (SSSR count). The van der Waals surface area contributed by atoms with Crippen molar-refractivity contribution in [1.29, 1.82) is 0 Å². The lowest BCUT2D eigenvalue weighted by Gasteiger charge is -2.24. The van der Waals surface area contributed by atoms with Gasteiger partial charge in [0.2, 0.25) is 0 Å². The van der Waals surface area contributed by atoms with Crippen LogP contribution in [0.1, 0.15) is 18.4 Å². The van der Waals surface area contributed by atoms with Gasteiger partial charge in [-0.15, -0.1) is 6.58 Å². The van der Waals surface area contributed by atoms with Gasteiger partial charge in [0.05, 0.1) is 12.0 Å². The maximum atomic E-state index is 12.3. The minimum atomic E-state index is -0.452. The van der Waals surface area contributed by atoms with Crippen LogP contribution in [0.3, 0.4) is 0 Å². The summed E-state index contributed by atoms with van der Waals surface area (Å²) < 4.78 is 5.25. The van der Waals surface area contributed by atoms with Gasteiger partial charge in [-0.05, 0) is 36.0 Å². The molecule has 1 saturated heterocycles. The third-order valence-electron chi connectivity index (χ3n) is 4.41. The Hall–Kier alpha value is -2.35. The van der Waals surface area contributed by atoms with Crippen molar-refractivity contribution in [2.24, 2.45) is 5.41 Å². The Morgan fingerprint density at radius 3 is 2.50 bits per heavy atom. The lowest BCUT2D eigenvalue weighted by molar-refractivity contribution is -0.146. The highest BCUT2D eigenvalue weighted by molar-refractivity contribution is 5.80. The standard InChI is InChI=1S/C20H20O2/c1-2-12-20(13-14-22-19(20)21)15-17-10-6-7-11-18(17)16-8-4-3-5-9-16/h2-11H,1,12-15H2. The van der Waals surface area contributed by atoms with E-state index in [0.717, 1.165) is 6.42 Å². The Bertz CT molecular complexity index is 675. The fourth-order valence-corrected chi connectivity index (χ4v) is 3.23. The first-order valence-corrected chi connectivity index (χ1v) is 7.67. The molecule has 0 bridgehead atoms. The van der Waals surface area contributed by atoms with E-state index in [-0.39, 0.29) is 5.97 Å². The number of carbonyl (C=O) groups excluding carboxylic acids is 1. The Labute approximate surface area is 131 Å². The molecule has 1 heterocycles. The van der Waals surface area contributed by atoms with Gasteiger partial charge in [0, 0.05) is 0 Å². The van der Waals surface area contributed by atoms with Crippen LogP contribution >= 0.6 is 0 Å². The molecule has 0 spiro atoms. The first-order chi connectivity index (χ1) is 10.7. The summed E-state index contributed by atoms with van der Waals surface area (Å²) in [6.07, 6.45) is 3.95. The molecule has 22 heavy (non-hydrogen) atoms. The van der Waals surface area contributed by atoms with Crippen LogP contribution in [0.15, 0.2) is 67.3 Å². The Morgan fingerprint density at radius 2 is 1.82 bits per heavy atom. The molecule has 2 aromatic carbocycles. The fraction of sp³-hybridized carbons (Fsp3) is 0.250. The predicted molar refractivity (Wildman–Crippen MR) is 88.4 cm³/mol. The van der Waals surface area contributed by atoms with E-state index in [9.17, 15) is 4.79 Å². The third-order valence-corrected chi connectivity index (χ3v) is 4.41. The van der Waals surface area contributed by atoms with Crippen molar-refractivity contribution in [2.45, 2.75) is 19.3 Å². The molecule has 0 aliphatic carbocycles. The average molecular weight is 292 g/mol. The zero-order valence-corrected chi connectivity index (χ0v) is 12.6. The van der Waals surface area contributed by atoms with E-state index in [1.54, 1.807) is 0 Å². The second-order valence-electron chi connectivity index (χ2n) is 5.86. The Balaban J connectivity index is 1.99. The molecule has 112 valence electrons. The van der Waals surface area contributed by atoms with Crippen LogP contribution in [0.4, 0.5) is 0 Å². The number of allylic oxidation sites excluding steroid dienone is 1. The van der Waals surface area contributed by atoms with Crippen LogP contribution in [-0.2, 0) is 16.0 Å². The van der Waals surface area contributed by atoms with Gasteiger partial charge in [0.15, 0.2) is 0 Å². The summed E-state index contributed by atoms with van der Waals surface area (Å²) in [7, 11) is 0. The van der Waals surface area contributed by atoms with Crippen molar-refractivity contribution in [2.75, 3.05) is 6.61 Å². The normalized spacial score (nSPS) is 20.6. The highest BCUT2D eigenvalue weighted by Gasteiger charge is 2.43. The molecule has 1 fully saturated rings. The van der Waals surface area contributed by atoms with E-state index in [4.69, 9.17) is 4.74 Å². The minimum Gasteiger partial charge on any atom is -0.465 e. The molecule has 2 aromatic rings. The zero-order valence-electron chi connectivity index (χ0n) is 12.6. The number of hydrogen-bond acceptors (Lipinski definition) is 2. The van der Waals surface area contributed by atoms with Crippen LogP contribution in [0.25, 0.3) is 11.1 Å². The van der Waals surface area contributed by atoms with Crippen LogP contribution in [0.2, 0.25) is 0 Å². The molecular formula is C20H20O2. The molecule has 1 aliphatic heterocycles. The van der Waals surface area contributed by atoms with E-state index < -0.39 is 5.41 Å². The van der Waals surface area contributed by atoms with Gasteiger partial charge in [-0.2, -0.15) is 0 Å². The number of rotatable bonds is 5. The predicted octanol–water partition coefficient (Wildman–Crippen LogP) is 4.41. The SMILES string of the molecule is C=CCC1(Cc2ccccc2-c2ccccc2)CCOC1=O. The molecule has 1 atom stereocenters. The van der Waals surface area contributed by atoms with E-state index in [1.165, 1.54) is 16.7 Å². The van der Waals surface area contributed by atoms with E-state index in [1.807, 2.05) is 36.4 Å².